The molecule has 0 aliphatic carbocycles. The molecule has 4 N–H and O–H groups in total. The van der Waals surface area contributed by atoms with E-state index in [1.54, 1.807) is 0 Å². The fourth-order valence-electron chi connectivity index (χ4n) is 1.73. The van der Waals surface area contributed by atoms with Gasteiger partial charge in [0, 0.05) is 18.7 Å². The smallest absolute Gasteiger partial charge is 0.143 e. The second-order valence-corrected chi connectivity index (χ2v) is 5.84. The number of aliphatic hydroxyl groups excluding tert-OH is 1. The van der Waals surface area contributed by atoms with Gasteiger partial charge in [0.25, 0.3) is 0 Å². The predicted molar refractivity (Wildman–Crippen MR) is 74.4 cm³/mol. The lowest BCUT2D eigenvalue weighted by atomic mass is 9.84. The maximum absolute atomic E-state index is 13.4. The molecule has 1 unspecified atom stereocenters. The zero-order valence-electron chi connectivity index (χ0n) is 10.9. The number of nitrogens with two attached hydrogens (primary N) is 1. The molecule has 0 bridgehead atoms. The predicted octanol–water partition coefficient (Wildman–Crippen LogP) is 3.27. The minimum atomic E-state index is -0.509. The second-order valence-electron chi connectivity index (χ2n) is 5.43. The third kappa shape index (κ3) is 3.75. The van der Waals surface area contributed by atoms with Crippen LogP contribution >= 0.6 is 11.6 Å². The molecular weight excluding hydrogens is 255 g/mol. The maximum Gasteiger partial charge on any atom is 0.143 e. The highest BCUT2D eigenvalue weighted by Gasteiger charge is 2.24. The van der Waals surface area contributed by atoms with E-state index in [0.29, 0.717) is 17.8 Å². The van der Waals surface area contributed by atoms with Gasteiger partial charge in [0.1, 0.15) is 5.82 Å². The zero-order valence-corrected chi connectivity index (χ0v) is 11.7. The Balaban J connectivity index is 2.97. The molecule has 5 heteroatoms. The van der Waals surface area contributed by atoms with Crippen molar-refractivity contribution < 1.29 is 9.50 Å². The summed E-state index contributed by atoms with van der Waals surface area (Å²) in [6, 6.07) is 2.66. The van der Waals surface area contributed by atoms with E-state index in [4.69, 9.17) is 22.4 Å². The Morgan fingerprint density at radius 2 is 2.06 bits per heavy atom. The summed E-state index contributed by atoms with van der Waals surface area (Å²) in [5, 5.41) is 12.3. The molecule has 0 aromatic heterocycles. The molecule has 102 valence electrons. The Bertz CT molecular complexity index is 418. The summed E-state index contributed by atoms with van der Waals surface area (Å²) < 4.78 is 13.4. The number of aliphatic hydroxyl groups is 1. The van der Waals surface area contributed by atoms with E-state index in [1.807, 2.05) is 20.8 Å². The first-order chi connectivity index (χ1) is 8.25. The van der Waals surface area contributed by atoms with Gasteiger partial charge in [-0.1, -0.05) is 32.4 Å². The van der Waals surface area contributed by atoms with Crippen LogP contribution in [0.15, 0.2) is 12.1 Å². The fourth-order valence-corrected chi connectivity index (χ4v) is 1.90. The van der Waals surface area contributed by atoms with E-state index in [2.05, 4.69) is 5.32 Å². The number of hydrogen-bond donors (Lipinski definition) is 3. The number of benzene rings is 1. The standard InChI is InChI=1S/C13H20ClFN2O/c1-13(2,3)12(4-5-18)17-11-7-9(15)8(14)6-10(11)16/h6-7,12,17-18H,4-5,16H2,1-3H3. The van der Waals surface area contributed by atoms with Crippen LogP contribution in [0.1, 0.15) is 27.2 Å². The van der Waals surface area contributed by atoms with Crippen LogP contribution in [0, 0.1) is 11.2 Å². The van der Waals surface area contributed by atoms with Crippen molar-refractivity contribution in [3.8, 4) is 0 Å². The Labute approximate surface area is 112 Å². The molecule has 1 aromatic rings. The Hall–Kier alpha value is -1.00. The van der Waals surface area contributed by atoms with Crippen molar-refractivity contribution in [3.05, 3.63) is 23.0 Å². The third-order valence-corrected chi connectivity index (χ3v) is 3.17. The summed E-state index contributed by atoms with van der Waals surface area (Å²) in [5.74, 6) is -0.509. The summed E-state index contributed by atoms with van der Waals surface area (Å²) >= 11 is 5.65. The highest BCUT2D eigenvalue weighted by Crippen LogP contribution is 2.31. The fraction of sp³-hybridized carbons (Fsp3) is 0.538. The van der Waals surface area contributed by atoms with Crippen LogP contribution in [0.3, 0.4) is 0 Å². The molecule has 1 rings (SSSR count). The lowest BCUT2D eigenvalue weighted by Gasteiger charge is -2.32. The van der Waals surface area contributed by atoms with Crippen molar-refractivity contribution in [2.75, 3.05) is 17.7 Å². The van der Waals surface area contributed by atoms with Crippen LogP contribution in [-0.4, -0.2) is 17.8 Å². The second kappa shape index (κ2) is 5.76. The molecule has 1 aromatic carbocycles. The first kappa shape index (κ1) is 15.1. The Morgan fingerprint density at radius 3 is 2.56 bits per heavy atom. The number of nitrogens with one attached hydrogen (secondary N) is 1. The van der Waals surface area contributed by atoms with E-state index in [0.717, 1.165) is 0 Å². The third-order valence-electron chi connectivity index (χ3n) is 2.89. The molecule has 0 aliphatic rings. The number of hydrogen-bond acceptors (Lipinski definition) is 3. The van der Waals surface area contributed by atoms with Crippen molar-refractivity contribution in [1.29, 1.82) is 0 Å². The van der Waals surface area contributed by atoms with Gasteiger partial charge >= 0.3 is 0 Å². The van der Waals surface area contributed by atoms with Crippen molar-refractivity contribution >= 4 is 23.0 Å². The largest absolute Gasteiger partial charge is 0.397 e. The summed E-state index contributed by atoms with van der Waals surface area (Å²) in [6.45, 7) is 6.19. The maximum atomic E-state index is 13.4. The number of anilines is 2. The van der Waals surface area contributed by atoms with E-state index in [9.17, 15) is 4.39 Å². The molecule has 0 radical (unpaired) electrons. The van der Waals surface area contributed by atoms with Crippen LogP contribution in [0.2, 0.25) is 5.02 Å². The minimum Gasteiger partial charge on any atom is -0.397 e. The van der Waals surface area contributed by atoms with Crippen LogP contribution in [0.4, 0.5) is 15.8 Å². The molecule has 18 heavy (non-hydrogen) atoms. The first-order valence-electron chi connectivity index (χ1n) is 5.87. The van der Waals surface area contributed by atoms with Crippen molar-refractivity contribution in [2.24, 2.45) is 5.41 Å². The van der Waals surface area contributed by atoms with Crippen molar-refractivity contribution in [3.63, 3.8) is 0 Å². The van der Waals surface area contributed by atoms with Gasteiger partial charge in [-0.3, -0.25) is 0 Å². The van der Waals surface area contributed by atoms with Crippen LogP contribution in [0.25, 0.3) is 0 Å². The molecule has 0 spiro atoms. The molecule has 0 saturated heterocycles. The Morgan fingerprint density at radius 1 is 1.44 bits per heavy atom. The summed E-state index contributed by atoms with van der Waals surface area (Å²) in [5.41, 5.74) is 6.63. The molecule has 0 fully saturated rings. The average molecular weight is 275 g/mol. The molecule has 0 aliphatic heterocycles. The molecule has 0 saturated carbocycles. The monoisotopic (exact) mass is 274 g/mol. The molecule has 0 heterocycles. The molecular formula is C13H20ClFN2O. The highest BCUT2D eigenvalue weighted by atomic mass is 35.5. The minimum absolute atomic E-state index is 0.00696. The topological polar surface area (TPSA) is 58.3 Å². The SMILES string of the molecule is CC(C)(C)C(CCO)Nc1cc(F)c(Cl)cc1N. The van der Waals surface area contributed by atoms with Crippen LogP contribution < -0.4 is 11.1 Å². The van der Waals surface area contributed by atoms with Gasteiger partial charge in [-0.15, -0.1) is 0 Å². The summed E-state index contributed by atoms with van der Waals surface area (Å²) in [7, 11) is 0. The van der Waals surface area contributed by atoms with Gasteiger partial charge in [-0.2, -0.15) is 0 Å². The highest BCUT2D eigenvalue weighted by molar-refractivity contribution is 6.31. The van der Waals surface area contributed by atoms with Gasteiger partial charge in [0.05, 0.1) is 16.4 Å². The molecule has 1 atom stereocenters. The van der Waals surface area contributed by atoms with Gasteiger partial charge in [-0.05, 0) is 17.9 Å². The quantitative estimate of drug-likeness (QED) is 0.739. The van der Waals surface area contributed by atoms with E-state index < -0.39 is 5.82 Å². The Kier molecular flexibility index (Phi) is 4.82. The van der Waals surface area contributed by atoms with Gasteiger partial charge < -0.3 is 16.2 Å². The van der Waals surface area contributed by atoms with Crippen LogP contribution in [0.5, 0.6) is 0 Å². The number of nitrogen functional groups attached to an aromatic ring is 1. The number of halogens is 2. The van der Waals surface area contributed by atoms with E-state index >= 15 is 0 Å². The first-order valence-corrected chi connectivity index (χ1v) is 6.25. The number of rotatable bonds is 4. The van der Waals surface area contributed by atoms with Gasteiger partial charge in [0.15, 0.2) is 0 Å². The lowest BCUT2D eigenvalue weighted by molar-refractivity contribution is 0.235. The van der Waals surface area contributed by atoms with Gasteiger partial charge in [-0.25, -0.2) is 4.39 Å². The van der Waals surface area contributed by atoms with Crippen molar-refractivity contribution in [1.82, 2.24) is 0 Å². The van der Waals surface area contributed by atoms with E-state index in [-0.39, 0.29) is 23.1 Å². The average Bonchev–Trinajstić information content (AvgIpc) is 2.23. The summed E-state index contributed by atoms with van der Waals surface area (Å²) in [6.07, 6.45) is 0.563. The normalized spacial score (nSPS) is 13.4. The zero-order chi connectivity index (χ0) is 13.9. The summed E-state index contributed by atoms with van der Waals surface area (Å²) in [4.78, 5) is 0. The lowest BCUT2D eigenvalue weighted by Crippen LogP contribution is -2.35. The van der Waals surface area contributed by atoms with Crippen LogP contribution in [-0.2, 0) is 0 Å². The van der Waals surface area contributed by atoms with Crippen molar-refractivity contribution in [2.45, 2.75) is 33.2 Å². The molecule has 0 amide bonds. The van der Waals surface area contributed by atoms with Gasteiger partial charge in [0.2, 0.25) is 0 Å². The van der Waals surface area contributed by atoms with E-state index in [1.165, 1.54) is 12.1 Å². The molecule has 3 nitrogen and oxygen atoms in total.